The van der Waals surface area contributed by atoms with Gasteiger partial charge in [-0.3, -0.25) is 19.4 Å². The molecule has 0 aromatic heterocycles. The van der Waals surface area contributed by atoms with Crippen LogP contribution in [0.3, 0.4) is 0 Å². The van der Waals surface area contributed by atoms with Crippen LogP contribution in [0.2, 0.25) is 0 Å². The van der Waals surface area contributed by atoms with Crippen LogP contribution in [0.5, 0.6) is 0 Å². The SMILES string of the molecule is CC/C=C\C/C=C\C/C=C\C(C)C(O)CN(CCCCC1NC(=O)C(CCCCN(CC(C)O)CC(C)O)NC1=O)CC(O)C(C)/C=C\C/C=C\C/C=C\CC. The largest absolute Gasteiger partial charge is 0.392 e. The van der Waals surface area contributed by atoms with E-state index in [1.54, 1.807) is 13.8 Å². The number of amides is 2. The predicted octanol–water partition coefficient (Wildman–Crippen LogP) is 6.39. The van der Waals surface area contributed by atoms with Crippen molar-refractivity contribution in [2.45, 2.75) is 155 Å². The van der Waals surface area contributed by atoms with Crippen molar-refractivity contribution in [1.29, 1.82) is 0 Å². The molecule has 8 unspecified atom stereocenters. The zero-order chi connectivity index (χ0) is 41.6. The summed E-state index contributed by atoms with van der Waals surface area (Å²) in [5, 5.41) is 47.8. The van der Waals surface area contributed by atoms with Crippen LogP contribution in [0.1, 0.15) is 119 Å². The highest BCUT2D eigenvalue weighted by Crippen LogP contribution is 2.15. The van der Waals surface area contributed by atoms with Crippen molar-refractivity contribution in [2.24, 2.45) is 11.8 Å². The Morgan fingerprint density at radius 2 is 0.857 bits per heavy atom. The number of nitrogens with one attached hydrogen (secondary N) is 2. The van der Waals surface area contributed by atoms with Crippen LogP contribution in [-0.2, 0) is 9.59 Å². The van der Waals surface area contributed by atoms with E-state index in [9.17, 15) is 30.0 Å². The van der Waals surface area contributed by atoms with Crippen LogP contribution in [-0.4, -0.2) is 118 Å². The maximum absolute atomic E-state index is 13.0. The number of allylic oxidation sites excluding steroid dienone is 10. The number of rotatable bonds is 32. The fourth-order valence-corrected chi connectivity index (χ4v) is 6.64. The Morgan fingerprint density at radius 3 is 1.21 bits per heavy atom. The Balaban J connectivity index is 2.71. The lowest BCUT2D eigenvalue weighted by Gasteiger charge is -2.31. The van der Waals surface area contributed by atoms with Gasteiger partial charge in [-0.2, -0.15) is 0 Å². The van der Waals surface area contributed by atoms with Crippen LogP contribution in [0, 0.1) is 11.8 Å². The zero-order valence-corrected chi connectivity index (χ0v) is 35.8. The fourth-order valence-electron chi connectivity index (χ4n) is 6.64. The number of unbranched alkanes of at least 4 members (excludes halogenated alkanes) is 2. The average molecular weight is 785 g/mol. The first kappa shape index (κ1) is 51.2. The Bertz CT molecular complexity index is 1150. The third kappa shape index (κ3) is 25.4. The number of nitrogens with zero attached hydrogens (tertiary/aromatic N) is 2. The van der Waals surface area contributed by atoms with Crippen molar-refractivity contribution < 1.29 is 30.0 Å². The Kier molecular flexibility index (Phi) is 29.4. The van der Waals surface area contributed by atoms with Gasteiger partial charge in [-0.05, 0) is 104 Å². The molecule has 1 heterocycles. The van der Waals surface area contributed by atoms with Crippen LogP contribution in [0.15, 0.2) is 72.9 Å². The van der Waals surface area contributed by atoms with Crippen LogP contribution in [0.25, 0.3) is 0 Å². The molecule has 0 aromatic rings. The normalized spacial score (nSPS) is 20.4. The Morgan fingerprint density at radius 1 is 0.518 bits per heavy atom. The van der Waals surface area contributed by atoms with E-state index in [0.29, 0.717) is 58.5 Å². The van der Waals surface area contributed by atoms with Gasteiger partial charge in [-0.25, -0.2) is 0 Å². The van der Waals surface area contributed by atoms with Crippen LogP contribution < -0.4 is 10.6 Å². The Hall–Kier alpha value is -2.86. The molecule has 10 heteroatoms. The molecule has 56 heavy (non-hydrogen) atoms. The number of piperazine rings is 1. The predicted molar refractivity (Wildman–Crippen MR) is 232 cm³/mol. The topological polar surface area (TPSA) is 146 Å². The Labute approximate surface area is 340 Å². The molecule has 0 spiro atoms. The molecule has 1 aliphatic rings. The summed E-state index contributed by atoms with van der Waals surface area (Å²) in [5.41, 5.74) is 0. The number of aliphatic hydroxyl groups excluding tert-OH is 4. The van der Waals surface area contributed by atoms with Crippen molar-refractivity contribution >= 4 is 11.8 Å². The first-order valence-electron chi connectivity index (χ1n) is 21.6. The van der Waals surface area contributed by atoms with Crippen molar-refractivity contribution in [3.63, 3.8) is 0 Å². The third-order valence-corrected chi connectivity index (χ3v) is 9.96. The minimum absolute atomic E-state index is 0.0548. The van der Waals surface area contributed by atoms with Crippen LogP contribution >= 0.6 is 0 Å². The van der Waals surface area contributed by atoms with Gasteiger partial charge in [-0.1, -0.05) is 101 Å². The molecule has 2 amide bonds. The van der Waals surface area contributed by atoms with E-state index < -0.39 is 36.5 Å². The van der Waals surface area contributed by atoms with Crippen molar-refractivity contribution in [3.8, 4) is 0 Å². The lowest BCUT2D eigenvalue weighted by molar-refractivity contribution is -0.137. The summed E-state index contributed by atoms with van der Waals surface area (Å²) in [7, 11) is 0. The summed E-state index contributed by atoms with van der Waals surface area (Å²) in [6.07, 6.45) is 32.9. The number of carbonyl (C=O) groups is 2. The monoisotopic (exact) mass is 785 g/mol. The minimum atomic E-state index is -0.604. The third-order valence-electron chi connectivity index (χ3n) is 9.96. The van der Waals surface area contributed by atoms with E-state index >= 15 is 0 Å². The second-order valence-corrected chi connectivity index (χ2v) is 15.7. The number of carbonyl (C=O) groups excluding carboxylic acids is 2. The number of hydrogen-bond acceptors (Lipinski definition) is 8. The van der Waals surface area contributed by atoms with Gasteiger partial charge >= 0.3 is 0 Å². The maximum Gasteiger partial charge on any atom is 0.243 e. The molecule has 1 aliphatic heterocycles. The van der Waals surface area contributed by atoms with Gasteiger partial charge in [0.25, 0.3) is 0 Å². The van der Waals surface area contributed by atoms with Gasteiger partial charge in [-0.15, -0.1) is 0 Å². The van der Waals surface area contributed by atoms with Gasteiger partial charge in [0.1, 0.15) is 12.1 Å². The van der Waals surface area contributed by atoms with Gasteiger partial charge in [0.2, 0.25) is 11.8 Å². The molecule has 1 saturated heterocycles. The maximum atomic E-state index is 13.0. The average Bonchev–Trinajstić information content (AvgIpc) is 3.14. The molecule has 0 saturated carbocycles. The zero-order valence-electron chi connectivity index (χ0n) is 35.8. The van der Waals surface area contributed by atoms with Crippen molar-refractivity contribution in [2.75, 3.05) is 39.3 Å². The molecule has 1 fully saturated rings. The molecule has 320 valence electrons. The van der Waals surface area contributed by atoms with Gasteiger partial charge in [0, 0.05) is 38.0 Å². The second kappa shape index (κ2) is 32.1. The molecule has 10 nitrogen and oxygen atoms in total. The number of aliphatic hydroxyl groups is 4. The number of hydrogen-bond donors (Lipinski definition) is 6. The van der Waals surface area contributed by atoms with Crippen LogP contribution in [0.4, 0.5) is 0 Å². The highest BCUT2D eigenvalue weighted by atomic mass is 16.3. The summed E-state index contributed by atoms with van der Waals surface area (Å²) in [4.78, 5) is 30.0. The van der Waals surface area contributed by atoms with Crippen molar-refractivity contribution in [3.05, 3.63) is 72.9 Å². The first-order valence-corrected chi connectivity index (χ1v) is 21.6. The quantitative estimate of drug-likeness (QED) is 0.0341. The summed E-state index contributed by atoms with van der Waals surface area (Å²) in [5.74, 6) is -0.437. The second-order valence-electron chi connectivity index (χ2n) is 15.7. The molecule has 6 N–H and O–H groups in total. The molecule has 0 aliphatic carbocycles. The van der Waals surface area contributed by atoms with Gasteiger partial charge in [0.05, 0.1) is 24.4 Å². The summed E-state index contributed by atoms with van der Waals surface area (Å²) < 4.78 is 0. The molecule has 0 aromatic carbocycles. The van der Waals surface area contributed by atoms with E-state index in [0.717, 1.165) is 57.8 Å². The van der Waals surface area contributed by atoms with E-state index in [1.165, 1.54) is 0 Å². The smallest absolute Gasteiger partial charge is 0.243 e. The van der Waals surface area contributed by atoms with E-state index in [-0.39, 0.29) is 23.7 Å². The molecule has 0 bridgehead atoms. The summed E-state index contributed by atoms with van der Waals surface area (Å²) in [6, 6.07) is -1.15. The van der Waals surface area contributed by atoms with Crippen molar-refractivity contribution in [1.82, 2.24) is 20.4 Å². The van der Waals surface area contributed by atoms with Gasteiger partial charge < -0.3 is 31.1 Å². The molecule has 0 radical (unpaired) electrons. The van der Waals surface area contributed by atoms with E-state index in [1.807, 2.05) is 18.7 Å². The molecular weight excluding hydrogens is 705 g/mol. The highest BCUT2D eigenvalue weighted by Gasteiger charge is 2.33. The molecule has 8 atom stereocenters. The summed E-state index contributed by atoms with van der Waals surface area (Å²) >= 11 is 0. The lowest BCUT2D eigenvalue weighted by atomic mass is 9.99. The lowest BCUT2D eigenvalue weighted by Crippen LogP contribution is -2.61. The molecule has 1 rings (SSSR count). The van der Waals surface area contributed by atoms with Gasteiger partial charge in [0.15, 0.2) is 0 Å². The fraction of sp³-hybridized carbons (Fsp3) is 0.696. The first-order chi connectivity index (χ1) is 26.9. The summed E-state index contributed by atoms with van der Waals surface area (Å²) in [6.45, 7) is 14.9. The standard InChI is InChI=1S/C46H80N4O6/c1-7-9-11-13-15-17-19-21-27-37(3)43(53)35-50(36-44(54)38(4)28-22-20-18-16-14-12-10-8-2)32-26-24-30-42-46(56)47-41(45(55)48-42)29-23-25-31-49(33-39(5)51)34-40(6)52/h9-12,15-18,21-22,27-28,37-44,51-54H,7-8,13-14,19-20,23-26,29-36H2,1-6H3,(H,47,56)(H,48,55)/b11-9-,12-10-,17-15-,18-16-,27-21-,28-22-. The highest BCUT2D eigenvalue weighted by molar-refractivity contribution is 5.96. The van der Waals surface area contributed by atoms with E-state index in [4.69, 9.17) is 0 Å². The van der Waals surface area contributed by atoms with E-state index in [2.05, 4.69) is 102 Å². The minimum Gasteiger partial charge on any atom is -0.392 e. The molecular formula is C46H80N4O6.